The van der Waals surface area contributed by atoms with E-state index in [4.69, 9.17) is 5.10 Å². The van der Waals surface area contributed by atoms with Crippen molar-refractivity contribution in [2.45, 2.75) is 91.0 Å². The SMILES string of the molecule is CCCCCCCC(C)(CCCC)n1nc(I)c(Br)c1C. The minimum Gasteiger partial charge on any atom is -0.262 e. The van der Waals surface area contributed by atoms with Crippen LogP contribution in [0.3, 0.4) is 0 Å². The molecule has 1 aromatic heterocycles. The largest absolute Gasteiger partial charge is 0.262 e. The molecule has 0 fully saturated rings. The van der Waals surface area contributed by atoms with Crippen LogP contribution >= 0.6 is 38.5 Å². The first-order valence-electron chi connectivity index (χ1n) is 8.37. The molecule has 0 aliphatic heterocycles. The van der Waals surface area contributed by atoms with Crippen LogP contribution < -0.4 is 0 Å². The van der Waals surface area contributed by atoms with E-state index in [1.54, 1.807) is 0 Å². The van der Waals surface area contributed by atoms with Crippen LogP contribution in [0.2, 0.25) is 0 Å². The van der Waals surface area contributed by atoms with E-state index in [2.05, 4.69) is 70.9 Å². The zero-order valence-electron chi connectivity index (χ0n) is 14.0. The molecule has 0 saturated carbocycles. The molecule has 4 heteroatoms. The minimum atomic E-state index is 0.165. The number of rotatable bonds is 10. The Hall–Kier alpha value is 0.420. The van der Waals surface area contributed by atoms with Gasteiger partial charge in [-0.1, -0.05) is 58.8 Å². The van der Waals surface area contributed by atoms with Gasteiger partial charge in [-0.05, 0) is 65.2 Å². The van der Waals surface area contributed by atoms with Crippen LogP contribution in [0.25, 0.3) is 0 Å². The second-order valence-corrected chi connectivity index (χ2v) is 8.18. The monoisotopic (exact) mass is 468 g/mol. The van der Waals surface area contributed by atoms with Gasteiger partial charge in [0.25, 0.3) is 0 Å². The van der Waals surface area contributed by atoms with Crippen LogP contribution in [0.4, 0.5) is 0 Å². The van der Waals surface area contributed by atoms with Crippen molar-refractivity contribution in [1.29, 1.82) is 0 Å². The fourth-order valence-electron chi connectivity index (χ4n) is 2.98. The first-order chi connectivity index (χ1) is 9.96. The van der Waals surface area contributed by atoms with Crippen LogP contribution in [-0.4, -0.2) is 9.78 Å². The zero-order chi connectivity index (χ0) is 15.9. The average molecular weight is 469 g/mol. The summed E-state index contributed by atoms with van der Waals surface area (Å²) in [5.41, 5.74) is 1.43. The van der Waals surface area contributed by atoms with Crippen molar-refractivity contribution in [1.82, 2.24) is 9.78 Å². The molecule has 1 rings (SSSR count). The Balaban J connectivity index is 2.79. The Morgan fingerprint density at radius 1 is 1.05 bits per heavy atom. The Bertz CT molecular complexity index is 431. The Labute approximate surface area is 152 Å². The predicted octanol–water partition coefficient (Wildman–Crippen LogP) is 6.82. The van der Waals surface area contributed by atoms with Crippen LogP contribution in [0, 0.1) is 10.6 Å². The second-order valence-electron chi connectivity index (χ2n) is 6.37. The molecule has 122 valence electrons. The third kappa shape index (κ3) is 5.52. The van der Waals surface area contributed by atoms with Crippen LogP contribution in [0.15, 0.2) is 4.47 Å². The summed E-state index contributed by atoms with van der Waals surface area (Å²) >= 11 is 6.00. The van der Waals surface area contributed by atoms with Crippen molar-refractivity contribution in [3.63, 3.8) is 0 Å². The zero-order valence-corrected chi connectivity index (χ0v) is 17.8. The molecule has 0 aromatic carbocycles. The lowest BCUT2D eigenvalue weighted by Crippen LogP contribution is -2.32. The highest BCUT2D eigenvalue weighted by atomic mass is 127. The molecular formula is C17H30BrIN2. The van der Waals surface area contributed by atoms with Gasteiger partial charge in [0.05, 0.1) is 15.7 Å². The lowest BCUT2D eigenvalue weighted by Gasteiger charge is -2.32. The highest BCUT2D eigenvalue weighted by Gasteiger charge is 2.29. The van der Waals surface area contributed by atoms with E-state index in [1.165, 1.54) is 63.5 Å². The normalized spacial score (nSPS) is 14.4. The molecule has 0 radical (unpaired) electrons. The van der Waals surface area contributed by atoms with Gasteiger partial charge in [-0.3, -0.25) is 4.68 Å². The first-order valence-corrected chi connectivity index (χ1v) is 10.2. The predicted molar refractivity (Wildman–Crippen MR) is 104 cm³/mol. The highest BCUT2D eigenvalue weighted by molar-refractivity contribution is 14.1. The van der Waals surface area contributed by atoms with Crippen molar-refractivity contribution in [3.8, 4) is 0 Å². The fourth-order valence-corrected chi connectivity index (χ4v) is 3.83. The molecule has 0 amide bonds. The number of aromatic nitrogens is 2. The van der Waals surface area contributed by atoms with Crippen LogP contribution in [0.1, 0.15) is 84.3 Å². The molecule has 1 unspecified atom stereocenters. The Morgan fingerprint density at radius 2 is 1.62 bits per heavy atom. The highest BCUT2D eigenvalue weighted by Crippen LogP contribution is 2.34. The van der Waals surface area contributed by atoms with Gasteiger partial charge < -0.3 is 0 Å². The summed E-state index contributed by atoms with van der Waals surface area (Å²) < 4.78 is 4.53. The van der Waals surface area contributed by atoms with Crippen LogP contribution in [0.5, 0.6) is 0 Å². The first kappa shape index (κ1) is 19.5. The smallest absolute Gasteiger partial charge is 0.137 e. The van der Waals surface area contributed by atoms with E-state index in [-0.39, 0.29) is 5.54 Å². The summed E-state index contributed by atoms with van der Waals surface area (Å²) in [5.74, 6) is 0. The van der Waals surface area contributed by atoms with E-state index in [0.29, 0.717) is 0 Å². The molecule has 1 atom stereocenters. The van der Waals surface area contributed by atoms with Gasteiger partial charge in [0.2, 0.25) is 0 Å². The molecule has 0 saturated heterocycles. The standard InChI is InChI=1S/C17H30BrIN2/c1-5-7-9-10-11-13-17(4,12-8-6-2)21-14(3)15(18)16(19)20-21/h5-13H2,1-4H3. The van der Waals surface area contributed by atoms with Crippen molar-refractivity contribution < 1.29 is 0 Å². The summed E-state index contributed by atoms with van der Waals surface area (Å²) in [6, 6.07) is 0. The summed E-state index contributed by atoms with van der Waals surface area (Å²) in [6.07, 6.45) is 11.7. The maximum Gasteiger partial charge on any atom is 0.137 e. The minimum absolute atomic E-state index is 0.165. The summed E-state index contributed by atoms with van der Waals surface area (Å²) in [7, 11) is 0. The van der Waals surface area contributed by atoms with Crippen LogP contribution in [-0.2, 0) is 5.54 Å². The molecule has 0 N–H and O–H groups in total. The van der Waals surface area contributed by atoms with Gasteiger partial charge in [-0.15, -0.1) is 0 Å². The number of unbranched alkanes of at least 4 members (excludes halogenated alkanes) is 5. The van der Waals surface area contributed by atoms with E-state index in [9.17, 15) is 0 Å². The number of nitrogens with zero attached hydrogens (tertiary/aromatic N) is 2. The summed E-state index contributed by atoms with van der Waals surface area (Å²) in [6.45, 7) is 9.13. The van der Waals surface area contributed by atoms with Gasteiger partial charge in [-0.2, -0.15) is 5.10 Å². The van der Waals surface area contributed by atoms with E-state index in [0.717, 1.165) is 8.17 Å². The van der Waals surface area contributed by atoms with Crippen molar-refractivity contribution in [2.75, 3.05) is 0 Å². The second kappa shape index (κ2) is 9.53. The third-order valence-corrected chi connectivity index (χ3v) is 6.85. The molecule has 0 aliphatic rings. The molecule has 0 spiro atoms. The quantitative estimate of drug-likeness (QED) is 0.272. The van der Waals surface area contributed by atoms with E-state index < -0.39 is 0 Å². The summed E-state index contributed by atoms with van der Waals surface area (Å²) in [5, 5.41) is 4.81. The van der Waals surface area contributed by atoms with Crippen molar-refractivity contribution >= 4 is 38.5 Å². The molecule has 2 nitrogen and oxygen atoms in total. The number of hydrogen-bond acceptors (Lipinski definition) is 1. The lowest BCUT2D eigenvalue weighted by atomic mass is 9.88. The molecule has 0 bridgehead atoms. The Morgan fingerprint density at radius 3 is 2.14 bits per heavy atom. The van der Waals surface area contributed by atoms with Gasteiger partial charge in [0.1, 0.15) is 3.70 Å². The van der Waals surface area contributed by atoms with Gasteiger partial charge in [0, 0.05) is 0 Å². The topological polar surface area (TPSA) is 17.8 Å². The number of halogens is 2. The molecule has 0 aliphatic carbocycles. The third-order valence-electron chi connectivity index (χ3n) is 4.40. The van der Waals surface area contributed by atoms with Crippen molar-refractivity contribution in [2.24, 2.45) is 0 Å². The van der Waals surface area contributed by atoms with Gasteiger partial charge in [-0.25, -0.2) is 0 Å². The molecule has 21 heavy (non-hydrogen) atoms. The summed E-state index contributed by atoms with van der Waals surface area (Å²) in [4.78, 5) is 0. The molecule has 1 heterocycles. The van der Waals surface area contributed by atoms with Crippen molar-refractivity contribution in [3.05, 3.63) is 13.9 Å². The average Bonchev–Trinajstić information content (AvgIpc) is 2.73. The molecular weight excluding hydrogens is 439 g/mol. The maximum absolute atomic E-state index is 4.81. The maximum atomic E-state index is 4.81. The van der Waals surface area contributed by atoms with E-state index >= 15 is 0 Å². The van der Waals surface area contributed by atoms with E-state index in [1.807, 2.05) is 0 Å². The molecule has 1 aromatic rings. The Kier molecular flexibility index (Phi) is 8.84. The van der Waals surface area contributed by atoms with Gasteiger partial charge in [0.15, 0.2) is 0 Å². The number of hydrogen-bond donors (Lipinski definition) is 0. The lowest BCUT2D eigenvalue weighted by molar-refractivity contribution is 0.223. The van der Waals surface area contributed by atoms with Gasteiger partial charge >= 0.3 is 0 Å². The fraction of sp³-hybridized carbons (Fsp3) is 0.824.